The van der Waals surface area contributed by atoms with Gasteiger partial charge in [-0.15, -0.1) is 0 Å². The SMILES string of the molecule is CNCc1c(-c2ccc(F)cc2)oc2cc(N(C)S(C)(=O)=O)c(-c3ccc4c(n3)-c3cc5c(F)cccc5n3C(CN3CCOCC3)O4)cc12. The Bertz CT molecular complexity index is 2370. The van der Waals surface area contributed by atoms with Gasteiger partial charge in [0.2, 0.25) is 10.0 Å². The number of benzene rings is 3. The molecule has 0 spiro atoms. The van der Waals surface area contributed by atoms with E-state index in [0.717, 1.165) is 30.3 Å². The number of sulfonamides is 1. The van der Waals surface area contributed by atoms with Gasteiger partial charge < -0.3 is 23.8 Å². The van der Waals surface area contributed by atoms with E-state index >= 15 is 4.39 Å². The quantitative estimate of drug-likeness (QED) is 0.195. The third-order valence-electron chi connectivity index (χ3n) is 9.48. The number of hydrogen-bond donors (Lipinski definition) is 1. The van der Waals surface area contributed by atoms with E-state index in [1.807, 2.05) is 35.9 Å². The largest absolute Gasteiger partial charge is 0.466 e. The Balaban J connectivity index is 1.32. The van der Waals surface area contributed by atoms with E-state index in [9.17, 15) is 12.8 Å². The second kappa shape index (κ2) is 12.5. The first-order valence-electron chi connectivity index (χ1n) is 16.3. The first kappa shape index (κ1) is 32.4. The van der Waals surface area contributed by atoms with Crippen LogP contribution < -0.4 is 14.4 Å². The molecule has 0 bridgehead atoms. The van der Waals surface area contributed by atoms with Gasteiger partial charge in [-0.2, -0.15) is 0 Å². The lowest BCUT2D eigenvalue weighted by atomic mass is 10.0. The molecule has 1 unspecified atom stereocenters. The number of pyridine rings is 1. The predicted molar refractivity (Wildman–Crippen MR) is 189 cm³/mol. The van der Waals surface area contributed by atoms with E-state index in [4.69, 9.17) is 18.9 Å². The summed E-state index contributed by atoms with van der Waals surface area (Å²) in [4.78, 5) is 7.37. The minimum absolute atomic E-state index is 0.344. The van der Waals surface area contributed by atoms with Crippen LogP contribution in [0.15, 0.2) is 77.2 Å². The van der Waals surface area contributed by atoms with Crippen molar-refractivity contribution in [3.05, 3.63) is 90.0 Å². The third-order valence-corrected chi connectivity index (χ3v) is 10.7. The minimum atomic E-state index is -3.71. The maximum absolute atomic E-state index is 15.2. The minimum Gasteiger partial charge on any atom is -0.466 e. The van der Waals surface area contributed by atoms with Crippen molar-refractivity contribution >= 4 is 37.6 Å². The normalized spacial score (nSPS) is 16.4. The number of rotatable bonds is 8. The van der Waals surface area contributed by atoms with E-state index in [1.54, 1.807) is 30.3 Å². The van der Waals surface area contributed by atoms with E-state index in [-0.39, 0.29) is 11.6 Å². The zero-order valence-electron chi connectivity index (χ0n) is 27.7. The molecular weight excluding hydrogens is 664 g/mol. The summed E-state index contributed by atoms with van der Waals surface area (Å²) in [6.07, 6.45) is 0.695. The van der Waals surface area contributed by atoms with Crippen LogP contribution in [-0.2, 0) is 21.3 Å². The van der Waals surface area contributed by atoms with Crippen LogP contribution in [0.2, 0.25) is 0 Å². The fourth-order valence-corrected chi connectivity index (χ4v) is 7.43. The van der Waals surface area contributed by atoms with Crippen molar-refractivity contribution in [1.82, 2.24) is 19.8 Å². The van der Waals surface area contributed by atoms with Crippen LogP contribution in [0.1, 0.15) is 11.8 Å². The monoisotopic (exact) mass is 699 g/mol. The van der Waals surface area contributed by atoms with Crippen LogP contribution in [0.25, 0.3) is 55.8 Å². The second-order valence-electron chi connectivity index (χ2n) is 12.6. The molecule has 1 atom stereocenters. The number of halogens is 2. The molecule has 13 heteroatoms. The van der Waals surface area contributed by atoms with Crippen LogP contribution in [0, 0.1) is 11.6 Å². The Kier molecular flexibility index (Phi) is 8.10. The number of furan rings is 1. The van der Waals surface area contributed by atoms with Gasteiger partial charge in [0.25, 0.3) is 0 Å². The van der Waals surface area contributed by atoms with E-state index in [0.29, 0.717) is 88.2 Å². The van der Waals surface area contributed by atoms with Crippen molar-refractivity contribution in [1.29, 1.82) is 0 Å². The molecule has 1 fully saturated rings. The number of hydrogen-bond acceptors (Lipinski definition) is 8. The molecule has 1 saturated heterocycles. The van der Waals surface area contributed by atoms with Gasteiger partial charge >= 0.3 is 0 Å². The molecule has 258 valence electrons. The number of nitrogens with one attached hydrogen (secondary N) is 1. The van der Waals surface area contributed by atoms with Crippen LogP contribution in [0.3, 0.4) is 0 Å². The number of nitrogens with zero attached hydrogens (tertiary/aromatic N) is 4. The van der Waals surface area contributed by atoms with Crippen molar-refractivity contribution in [3.63, 3.8) is 0 Å². The van der Waals surface area contributed by atoms with Crippen molar-refractivity contribution in [2.24, 2.45) is 0 Å². The van der Waals surface area contributed by atoms with Crippen molar-refractivity contribution < 1.29 is 31.1 Å². The highest BCUT2D eigenvalue weighted by molar-refractivity contribution is 7.92. The summed E-state index contributed by atoms with van der Waals surface area (Å²) in [7, 11) is -0.408. The molecule has 0 radical (unpaired) electrons. The van der Waals surface area contributed by atoms with Crippen molar-refractivity contribution in [2.45, 2.75) is 12.8 Å². The molecule has 3 aromatic carbocycles. The van der Waals surface area contributed by atoms with E-state index in [2.05, 4.69) is 10.2 Å². The highest BCUT2D eigenvalue weighted by atomic mass is 32.2. The average Bonchev–Trinajstić information content (AvgIpc) is 3.68. The maximum atomic E-state index is 15.2. The smallest absolute Gasteiger partial charge is 0.232 e. The Morgan fingerprint density at radius 1 is 1.00 bits per heavy atom. The van der Waals surface area contributed by atoms with E-state index < -0.39 is 16.3 Å². The fourth-order valence-electron chi connectivity index (χ4n) is 6.92. The molecule has 0 amide bonds. The molecule has 0 aliphatic carbocycles. The van der Waals surface area contributed by atoms with Crippen molar-refractivity contribution in [2.75, 3.05) is 57.5 Å². The Labute approximate surface area is 287 Å². The number of anilines is 1. The molecule has 1 N–H and O–H groups in total. The van der Waals surface area contributed by atoms with Gasteiger partial charge in [0.1, 0.15) is 34.4 Å². The standard InChI is InChI=1S/C37H35F2N5O5S/c1-40-20-27-24-17-26(31(42(2)50(3,45)46)19-34(24)49-37(27)22-7-9-23(38)10-8-22)29-11-12-33-36(41-29)32-18-25-28(39)5-4-6-30(25)44(32)35(48-33)21-43-13-15-47-16-14-43/h4-12,17-19,35,40H,13-16,20-21H2,1-3H3. The molecule has 2 aliphatic rings. The van der Waals surface area contributed by atoms with Gasteiger partial charge in [-0.05, 0) is 67.7 Å². The number of morpholine rings is 1. The summed E-state index contributed by atoms with van der Waals surface area (Å²) >= 11 is 0. The Hall–Kier alpha value is -4.82. The van der Waals surface area contributed by atoms with Crippen LogP contribution in [-0.4, -0.2) is 76.1 Å². The average molecular weight is 700 g/mol. The first-order valence-corrected chi connectivity index (χ1v) is 18.2. The lowest BCUT2D eigenvalue weighted by Gasteiger charge is -2.35. The zero-order valence-corrected chi connectivity index (χ0v) is 28.6. The van der Waals surface area contributed by atoms with Gasteiger partial charge in [-0.25, -0.2) is 22.2 Å². The summed E-state index contributed by atoms with van der Waals surface area (Å²) in [6, 6.07) is 20.1. The number of ether oxygens (including phenoxy) is 2. The predicted octanol–water partition coefficient (Wildman–Crippen LogP) is 6.40. The fraction of sp³-hybridized carbons (Fsp3) is 0.270. The Morgan fingerprint density at radius 2 is 1.78 bits per heavy atom. The molecule has 8 rings (SSSR count). The highest BCUT2D eigenvalue weighted by Gasteiger charge is 2.32. The molecule has 0 saturated carbocycles. The topological polar surface area (TPSA) is 102 Å². The summed E-state index contributed by atoms with van der Waals surface area (Å²) in [6.45, 7) is 3.80. The van der Waals surface area contributed by atoms with Gasteiger partial charge in [0.05, 0.1) is 48.6 Å². The maximum Gasteiger partial charge on any atom is 0.232 e. The Morgan fingerprint density at radius 3 is 2.52 bits per heavy atom. The molecule has 50 heavy (non-hydrogen) atoms. The molecule has 3 aromatic heterocycles. The summed E-state index contributed by atoms with van der Waals surface area (Å²) in [5, 5.41) is 4.40. The van der Waals surface area contributed by atoms with Crippen LogP contribution in [0.5, 0.6) is 5.75 Å². The van der Waals surface area contributed by atoms with Crippen LogP contribution in [0.4, 0.5) is 14.5 Å². The summed E-state index contributed by atoms with van der Waals surface area (Å²) in [5.41, 5.74) is 5.27. The molecule has 2 aliphatic heterocycles. The second-order valence-corrected chi connectivity index (χ2v) is 14.7. The van der Waals surface area contributed by atoms with Gasteiger partial charge in [0.15, 0.2) is 6.23 Å². The third kappa shape index (κ3) is 5.59. The molecule has 6 aromatic rings. The summed E-state index contributed by atoms with van der Waals surface area (Å²) < 4.78 is 76.7. The zero-order chi connectivity index (χ0) is 34.7. The van der Waals surface area contributed by atoms with Gasteiger partial charge in [0, 0.05) is 60.2 Å². The van der Waals surface area contributed by atoms with Gasteiger partial charge in [-0.1, -0.05) is 6.07 Å². The van der Waals surface area contributed by atoms with Gasteiger partial charge in [-0.3, -0.25) is 9.21 Å². The summed E-state index contributed by atoms with van der Waals surface area (Å²) in [5.74, 6) is 0.378. The van der Waals surface area contributed by atoms with Crippen molar-refractivity contribution in [3.8, 4) is 39.7 Å². The first-order chi connectivity index (χ1) is 24.1. The number of fused-ring (bicyclic) bond motifs is 6. The van der Waals surface area contributed by atoms with Crippen LogP contribution >= 0.6 is 0 Å². The highest BCUT2D eigenvalue weighted by Crippen LogP contribution is 2.45. The lowest BCUT2D eigenvalue weighted by Crippen LogP contribution is -2.41. The molecule has 5 heterocycles. The molecule has 10 nitrogen and oxygen atoms in total. The molecular formula is C37H35F2N5O5S. The van der Waals surface area contributed by atoms with E-state index in [1.165, 1.54) is 29.6 Å². The number of aromatic nitrogens is 2. The lowest BCUT2D eigenvalue weighted by molar-refractivity contribution is 0.00441.